The summed E-state index contributed by atoms with van der Waals surface area (Å²) in [5.74, 6) is 1.02. The van der Waals surface area contributed by atoms with Crippen LogP contribution >= 0.6 is 0 Å². The number of aliphatic hydroxyl groups excluding tert-OH is 1. The summed E-state index contributed by atoms with van der Waals surface area (Å²) in [6.45, 7) is 2.22. The van der Waals surface area contributed by atoms with Crippen LogP contribution in [0.15, 0.2) is 42.5 Å². The SMILES string of the molecule is CCCCCCCCCCCC(=O)Oc1cc(O)ccc1C(O)C=Cc1ccc(OC)cc1OC. The van der Waals surface area contributed by atoms with E-state index in [0.29, 0.717) is 23.5 Å². The van der Waals surface area contributed by atoms with Crippen molar-refractivity contribution in [2.24, 2.45) is 0 Å². The average molecular weight is 485 g/mol. The molecule has 1 atom stereocenters. The number of aromatic hydroxyl groups is 1. The minimum Gasteiger partial charge on any atom is -0.508 e. The van der Waals surface area contributed by atoms with E-state index in [2.05, 4.69) is 6.92 Å². The molecule has 0 aliphatic carbocycles. The molecule has 6 nitrogen and oxygen atoms in total. The van der Waals surface area contributed by atoms with Crippen LogP contribution in [0.5, 0.6) is 23.0 Å². The number of benzene rings is 2. The highest BCUT2D eigenvalue weighted by molar-refractivity contribution is 5.73. The van der Waals surface area contributed by atoms with Gasteiger partial charge in [0.15, 0.2) is 0 Å². The van der Waals surface area contributed by atoms with Crippen molar-refractivity contribution < 1.29 is 29.2 Å². The first-order valence-corrected chi connectivity index (χ1v) is 12.6. The van der Waals surface area contributed by atoms with Gasteiger partial charge in [0.05, 0.1) is 14.2 Å². The minimum atomic E-state index is -1.04. The molecule has 6 heteroatoms. The number of hydrogen-bond acceptors (Lipinski definition) is 6. The van der Waals surface area contributed by atoms with Crippen LogP contribution in [0.2, 0.25) is 0 Å². The van der Waals surface area contributed by atoms with Crippen molar-refractivity contribution in [1.29, 1.82) is 0 Å². The van der Waals surface area contributed by atoms with Crippen LogP contribution < -0.4 is 14.2 Å². The fourth-order valence-electron chi connectivity index (χ4n) is 3.86. The first-order chi connectivity index (χ1) is 17.0. The van der Waals surface area contributed by atoms with Gasteiger partial charge in [-0.25, -0.2) is 0 Å². The second kappa shape index (κ2) is 15.8. The van der Waals surface area contributed by atoms with Gasteiger partial charge < -0.3 is 24.4 Å². The summed E-state index contributed by atoms with van der Waals surface area (Å²) < 4.78 is 16.1. The molecule has 0 fully saturated rings. The first kappa shape index (κ1) is 28.2. The zero-order valence-corrected chi connectivity index (χ0v) is 21.3. The quantitative estimate of drug-likeness (QED) is 0.152. The fourth-order valence-corrected chi connectivity index (χ4v) is 3.86. The van der Waals surface area contributed by atoms with Gasteiger partial charge in [0.25, 0.3) is 0 Å². The van der Waals surface area contributed by atoms with Gasteiger partial charge >= 0.3 is 5.97 Å². The second-order valence-corrected chi connectivity index (χ2v) is 8.69. The summed E-state index contributed by atoms with van der Waals surface area (Å²) in [7, 11) is 3.14. The zero-order valence-electron chi connectivity index (χ0n) is 21.3. The van der Waals surface area contributed by atoms with Gasteiger partial charge in [0, 0.05) is 29.7 Å². The van der Waals surface area contributed by atoms with Gasteiger partial charge in [-0.05, 0) is 30.7 Å². The maximum absolute atomic E-state index is 12.4. The maximum Gasteiger partial charge on any atom is 0.311 e. The molecule has 2 rings (SSSR count). The Hall–Kier alpha value is -2.99. The predicted octanol–water partition coefficient (Wildman–Crippen LogP) is 6.98. The number of phenolic OH excluding ortho intramolecular Hbond substituents is 1. The molecule has 2 aromatic carbocycles. The number of aliphatic hydroxyl groups is 1. The topological polar surface area (TPSA) is 85.2 Å². The van der Waals surface area contributed by atoms with Crippen LogP contribution in [0.1, 0.15) is 88.4 Å². The number of phenols is 1. The van der Waals surface area contributed by atoms with Gasteiger partial charge in [-0.15, -0.1) is 0 Å². The number of carbonyl (C=O) groups is 1. The van der Waals surface area contributed by atoms with E-state index in [1.165, 1.54) is 50.7 Å². The summed E-state index contributed by atoms with van der Waals surface area (Å²) in [4.78, 5) is 12.4. The first-order valence-electron chi connectivity index (χ1n) is 12.6. The lowest BCUT2D eigenvalue weighted by Crippen LogP contribution is -2.10. The van der Waals surface area contributed by atoms with E-state index in [4.69, 9.17) is 14.2 Å². The highest BCUT2D eigenvalue weighted by Crippen LogP contribution is 2.32. The van der Waals surface area contributed by atoms with Gasteiger partial charge in [-0.2, -0.15) is 0 Å². The highest BCUT2D eigenvalue weighted by atomic mass is 16.5. The third-order valence-electron chi connectivity index (χ3n) is 5.92. The molecular formula is C29H40O6. The molecule has 35 heavy (non-hydrogen) atoms. The molecule has 0 bridgehead atoms. The molecular weight excluding hydrogens is 444 g/mol. The van der Waals surface area contributed by atoms with Crippen molar-refractivity contribution in [3.63, 3.8) is 0 Å². The minimum absolute atomic E-state index is 0.0346. The third kappa shape index (κ3) is 10.0. The summed E-state index contributed by atoms with van der Waals surface area (Å²) in [6, 6.07) is 9.74. The van der Waals surface area contributed by atoms with Gasteiger partial charge in [-0.3, -0.25) is 4.79 Å². The van der Waals surface area contributed by atoms with Crippen molar-refractivity contribution in [1.82, 2.24) is 0 Å². The van der Waals surface area contributed by atoms with E-state index in [1.807, 2.05) is 6.07 Å². The smallest absolute Gasteiger partial charge is 0.311 e. The highest BCUT2D eigenvalue weighted by Gasteiger charge is 2.15. The van der Waals surface area contributed by atoms with Crippen molar-refractivity contribution in [3.8, 4) is 23.0 Å². The largest absolute Gasteiger partial charge is 0.508 e. The molecule has 192 valence electrons. The van der Waals surface area contributed by atoms with Gasteiger partial charge in [-0.1, -0.05) is 70.4 Å². The molecule has 0 spiro atoms. The van der Waals surface area contributed by atoms with Gasteiger partial charge in [0.1, 0.15) is 29.1 Å². The standard InChI is InChI=1S/C29H40O6/c1-4-5-6-7-8-9-10-11-12-13-29(32)35-28-20-23(30)16-18-25(28)26(31)19-15-22-14-17-24(33-2)21-27(22)34-3/h14-21,26,30-31H,4-13H2,1-3H3. The Morgan fingerprint density at radius 3 is 2.23 bits per heavy atom. The number of unbranched alkanes of at least 4 members (excludes halogenated alkanes) is 8. The van der Waals surface area contributed by atoms with Crippen molar-refractivity contribution in [2.75, 3.05) is 14.2 Å². The lowest BCUT2D eigenvalue weighted by Gasteiger charge is -2.14. The molecule has 0 amide bonds. The molecule has 0 radical (unpaired) electrons. The van der Waals surface area contributed by atoms with Crippen molar-refractivity contribution in [2.45, 2.75) is 77.2 Å². The van der Waals surface area contributed by atoms with E-state index < -0.39 is 6.10 Å². The van der Waals surface area contributed by atoms with E-state index in [0.717, 1.165) is 24.8 Å². The Bertz CT molecular complexity index is 937. The Balaban J connectivity index is 1.91. The van der Waals surface area contributed by atoms with Crippen LogP contribution in [-0.4, -0.2) is 30.4 Å². The maximum atomic E-state index is 12.4. The van der Waals surface area contributed by atoms with Crippen LogP contribution in [0.25, 0.3) is 6.08 Å². The summed E-state index contributed by atoms with van der Waals surface area (Å²) in [6.07, 6.45) is 13.1. The molecule has 0 saturated heterocycles. The molecule has 2 N–H and O–H groups in total. The number of hydrogen-bond donors (Lipinski definition) is 2. The number of ether oxygens (including phenoxy) is 3. The van der Waals surface area contributed by atoms with Crippen LogP contribution in [0.4, 0.5) is 0 Å². The molecule has 1 unspecified atom stereocenters. The molecule has 0 aromatic heterocycles. The number of rotatable bonds is 16. The lowest BCUT2D eigenvalue weighted by molar-refractivity contribution is -0.134. The van der Waals surface area contributed by atoms with E-state index in [1.54, 1.807) is 44.6 Å². The third-order valence-corrected chi connectivity index (χ3v) is 5.92. The van der Waals surface area contributed by atoms with Crippen LogP contribution in [-0.2, 0) is 4.79 Å². The average Bonchev–Trinajstić information content (AvgIpc) is 2.86. The van der Waals surface area contributed by atoms with E-state index >= 15 is 0 Å². The summed E-state index contributed by atoms with van der Waals surface area (Å²) in [5, 5.41) is 20.6. The lowest BCUT2D eigenvalue weighted by atomic mass is 10.1. The summed E-state index contributed by atoms with van der Waals surface area (Å²) in [5.41, 5.74) is 1.15. The molecule has 0 aliphatic rings. The van der Waals surface area contributed by atoms with E-state index in [-0.39, 0.29) is 17.5 Å². The summed E-state index contributed by atoms with van der Waals surface area (Å²) >= 11 is 0. The Labute approximate surface area is 209 Å². The molecule has 0 aliphatic heterocycles. The Morgan fingerprint density at radius 2 is 1.57 bits per heavy atom. The van der Waals surface area contributed by atoms with Gasteiger partial charge in [0.2, 0.25) is 0 Å². The van der Waals surface area contributed by atoms with Crippen molar-refractivity contribution in [3.05, 3.63) is 53.6 Å². The Kier molecular flexibility index (Phi) is 12.8. The molecule has 2 aromatic rings. The number of esters is 1. The normalized spacial score (nSPS) is 12.0. The van der Waals surface area contributed by atoms with Crippen molar-refractivity contribution >= 4 is 12.0 Å². The number of carbonyl (C=O) groups excluding carboxylic acids is 1. The molecule has 0 saturated carbocycles. The van der Waals surface area contributed by atoms with Crippen LogP contribution in [0, 0.1) is 0 Å². The fraction of sp³-hybridized carbons (Fsp3) is 0.483. The van der Waals surface area contributed by atoms with Crippen LogP contribution in [0.3, 0.4) is 0 Å². The Morgan fingerprint density at radius 1 is 0.886 bits per heavy atom. The zero-order chi connectivity index (χ0) is 25.5. The number of methoxy groups -OCH3 is 2. The monoisotopic (exact) mass is 484 g/mol. The predicted molar refractivity (Wildman–Crippen MR) is 139 cm³/mol. The second-order valence-electron chi connectivity index (χ2n) is 8.69. The van der Waals surface area contributed by atoms with E-state index in [9.17, 15) is 15.0 Å². The molecule has 0 heterocycles.